The Kier molecular flexibility index (Phi) is 5.88. The van der Waals surface area contributed by atoms with Crippen LogP contribution < -0.4 is 10.1 Å². The van der Waals surface area contributed by atoms with Crippen LogP contribution in [0.2, 0.25) is 0 Å². The van der Waals surface area contributed by atoms with Gasteiger partial charge in [-0.3, -0.25) is 10.1 Å². The molecule has 0 bridgehead atoms. The molecule has 148 valence electrons. The molecule has 2 rings (SSSR count). The number of benzene rings is 1. The van der Waals surface area contributed by atoms with Crippen LogP contribution in [-0.2, 0) is 9.53 Å². The van der Waals surface area contributed by atoms with Crippen molar-refractivity contribution >= 4 is 5.97 Å². The molecule has 1 aromatic carbocycles. The van der Waals surface area contributed by atoms with Crippen LogP contribution in [0.15, 0.2) is 18.2 Å². The molecule has 0 spiro atoms. The summed E-state index contributed by atoms with van der Waals surface area (Å²) in [6.45, 7) is 12.9. The molecule has 6 nitrogen and oxygen atoms in total. The second kappa shape index (κ2) is 7.49. The maximum absolute atomic E-state index is 12.7. The highest BCUT2D eigenvalue weighted by Crippen LogP contribution is 2.40. The minimum Gasteiger partial charge on any atom is -0.485 e. The smallest absolute Gasteiger partial charge is 0.323 e. The molecule has 0 unspecified atom stereocenters. The van der Waals surface area contributed by atoms with E-state index in [2.05, 4.69) is 11.4 Å². The standard InChI is InChI=1S/C21H30N2O4/c1-12(2)16(19(25)27-20(3,4)5)23-17-14-10-13(11-22)8-9-15(14)26-21(6,7)18(17)24/h8-10,12,16-18,23-24H,1-7H3/t16-,17+,18-/m0/s1. The molecule has 3 atom stereocenters. The molecular formula is C21H30N2O4. The van der Waals surface area contributed by atoms with Crippen LogP contribution in [0.4, 0.5) is 0 Å². The average molecular weight is 374 g/mol. The number of fused-ring (bicyclic) bond motifs is 1. The summed E-state index contributed by atoms with van der Waals surface area (Å²) in [5.74, 6) is 0.168. The number of nitriles is 1. The first kappa shape index (κ1) is 21.2. The summed E-state index contributed by atoms with van der Waals surface area (Å²) in [7, 11) is 0. The van der Waals surface area contributed by atoms with Gasteiger partial charge >= 0.3 is 5.97 Å². The van der Waals surface area contributed by atoms with E-state index < -0.39 is 29.4 Å². The minimum absolute atomic E-state index is 0.0550. The van der Waals surface area contributed by atoms with Gasteiger partial charge < -0.3 is 14.6 Å². The molecule has 2 N–H and O–H groups in total. The molecular weight excluding hydrogens is 344 g/mol. The number of nitrogens with one attached hydrogen (secondary N) is 1. The van der Waals surface area contributed by atoms with Gasteiger partial charge in [-0.25, -0.2) is 0 Å². The average Bonchev–Trinajstić information content (AvgIpc) is 2.52. The van der Waals surface area contributed by atoms with Crippen molar-refractivity contribution in [2.24, 2.45) is 5.92 Å². The van der Waals surface area contributed by atoms with E-state index in [-0.39, 0.29) is 11.9 Å². The molecule has 1 aliphatic rings. The summed E-state index contributed by atoms with van der Waals surface area (Å²) >= 11 is 0. The van der Waals surface area contributed by atoms with E-state index >= 15 is 0 Å². The molecule has 6 heteroatoms. The number of hydrogen-bond donors (Lipinski definition) is 2. The number of ether oxygens (including phenoxy) is 2. The first-order chi connectivity index (χ1) is 12.4. The van der Waals surface area contributed by atoms with Gasteiger partial charge in [0.05, 0.1) is 17.7 Å². The highest BCUT2D eigenvalue weighted by atomic mass is 16.6. The summed E-state index contributed by atoms with van der Waals surface area (Å²) in [5, 5.41) is 23.4. The normalized spacial score (nSPS) is 22.4. The fraction of sp³-hybridized carbons (Fsp3) is 0.619. The summed E-state index contributed by atoms with van der Waals surface area (Å²) in [6, 6.07) is 6.02. The molecule has 0 amide bonds. The zero-order chi connectivity index (χ0) is 20.6. The predicted octanol–water partition coefficient (Wildman–Crippen LogP) is 3.09. The minimum atomic E-state index is -0.914. The lowest BCUT2D eigenvalue weighted by atomic mass is 9.85. The quantitative estimate of drug-likeness (QED) is 0.787. The van der Waals surface area contributed by atoms with Crippen molar-refractivity contribution < 1.29 is 19.4 Å². The molecule has 0 saturated heterocycles. The van der Waals surface area contributed by atoms with Gasteiger partial charge in [0.15, 0.2) is 0 Å². The lowest BCUT2D eigenvalue weighted by Crippen LogP contribution is -2.56. The SMILES string of the molecule is CC(C)[C@H](N[C@@H]1c2cc(C#N)ccc2OC(C)(C)[C@H]1O)C(=O)OC(C)(C)C. The van der Waals surface area contributed by atoms with Crippen molar-refractivity contribution in [2.75, 3.05) is 0 Å². The van der Waals surface area contributed by atoms with Crippen LogP contribution in [0.5, 0.6) is 5.75 Å². The maximum atomic E-state index is 12.7. The van der Waals surface area contributed by atoms with Crippen molar-refractivity contribution in [3.8, 4) is 11.8 Å². The Labute approximate surface area is 161 Å². The molecule has 0 aliphatic carbocycles. The number of aliphatic hydroxyl groups excluding tert-OH is 1. The van der Waals surface area contributed by atoms with Gasteiger partial charge in [0, 0.05) is 5.56 Å². The summed E-state index contributed by atoms with van der Waals surface area (Å²) in [6.07, 6.45) is -0.914. The van der Waals surface area contributed by atoms with Crippen LogP contribution >= 0.6 is 0 Å². The first-order valence-electron chi connectivity index (χ1n) is 9.26. The van der Waals surface area contributed by atoms with Crippen LogP contribution in [-0.4, -0.2) is 34.4 Å². The Morgan fingerprint density at radius 1 is 1.37 bits per heavy atom. The fourth-order valence-electron chi connectivity index (χ4n) is 3.14. The van der Waals surface area contributed by atoms with E-state index in [9.17, 15) is 15.2 Å². The van der Waals surface area contributed by atoms with E-state index in [0.29, 0.717) is 16.9 Å². The Balaban J connectivity index is 2.42. The highest BCUT2D eigenvalue weighted by molar-refractivity contribution is 5.76. The van der Waals surface area contributed by atoms with Gasteiger partial charge in [-0.2, -0.15) is 5.26 Å². The van der Waals surface area contributed by atoms with E-state index in [4.69, 9.17) is 9.47 Å². The monoisotopic (exact) mass is 374 g/mol. The van der Waals surface area contributed by atoms with Gasteiger partial charge in [-0.15, -0.1) is 0 Å². The third kappa shape index (κ3) is 4.79. The summed E-state index contributed by atoms with van der Waals surface area (Å²) in [4.78, 5) is 12.7. The molecule has 1 aromatic rings. The second-order valence-corrected chi connectivity index (χ2v) is 8.91. The third-order valence-electron chi connectivity index (χ3n) is 4.56. The Morgan fingerprint density at radius 2 is 2.00 bits per heavy atom. The van der Waals surface area contributed by atoms with Gasteiger partial charge in [0.1, 0.15) is 29.1 Å². The van der Waals surface area contributed by atoms with Crippen molar-refractivity contribution in [3.05, 3.63) is 29.3 Å². The Bertz CT molecular complexity index is 744. The lowest BCUT2D eigenvalue weighted by molar-refractivity contribution is -0.160. The Hall–Kier alpha value is -2.10. The van der Waals surface area contributed by atoms with Crippen LogP contribution in [0.25, 0.3) is 0 Å². The zero-order valence-electron chi connectivity index (χ0n) is 17.2. The molecule has 1 heterocycles. The number of hydrogen-bond acceptors (Lipinski definition) is 6. The number of carbonyl (C=O) groups excluding carboxylic acids is 1. The Morgan fingerprint density at radius 3 is 2.52 bits per heavy atom. The van der Waals surface area contributed by atoms with E-state index in [1.54, 1.807) is 32.0 Å². The number of aliphatic hydroxyl groups is 1. The molecule has 0 radical (unpaired) electrons. The molecule has 0 saturated carbocycles. The van der Waals surface area contributed by atoms with E-state index in [0.717, 1.165) is 0 Å². The van der Waals surface area contributed by atoms with Gasteiger partial charge in [0.25, 0.3) is 0 Å². The predicted molar refractivity (Wildman–Crippen MR) is 102 cm³/mol. The first-order valence-corrected chi connectivity index (χ1v) is 9.26. The fourth-order valence-corrected chi connectivity index (χ4v) is 3.14. The number of nitrogens with zero attached hydrogens (tertiary/aromatic N) is 1. The largest absolute Gasteiger partial charge is 0.485 e. The molecule has 0 fully saturated rings. The summed E-state index contributed by atoms with van der Waals surface area (Å²) < 4.78 is 11.5. The van der Waals surface area contributed by atoms with Gasteiger partial charge in [-0.1, -0.05) is 13.8 Å². The van der Waals surface area contributed by atoms with Crippen molar-refractivity contribution in [1.82, 2.24) is 5.32 Å². The topological polar surface area (TPSA) is 91.6 Å². The number of carbonyl (C=O) groups is 1. The van der Waals surface area contributed by atoms with Gasteiger partial charge in [-0.05, 0) is 58.7 Å². The van der Waals surface area contributed by atoms with E-state index in [1.807, 2.05) is 34.6 Å². The lowest BCUT2D eigenvalue weighted by Gasteiger charge is -2.44. The number of rotatable bonds is 4. The summed E-state index contributed by atoms with van der Waals surface area (Å²) in [5.41, 5.74) is -0.330. The second-order valence-electron chi connectivity index (χ2n) is 8.91. The van der Waals surface area contributed by atoms with Crippen LogP contribution in [0.1, 0.15) is 65.6 Å². The zero-order valence-corrected chi connectivity index (χ0v) is 17.2. The number of esters is 1. The van der Waals surface area contributed by atoms with Gasteiger partial charge in [0.2, 0.25) is 0 Å². The van der Waals surface area contributed by atoms with Crippen molar-refractivity contribution in [3.63, 3.8) is 0 Å². The van der Waals surface area contributed by atoms with Crippen molar-refractivity contribution in [1.29, 1.82) is 5.26 Å². The highest BCUT2D eigenvalue weighted by Gasteiger charge is 2.45. The molecule has 0 aromatic heterocycles. The van der Waals surface area contributed by atoms with Crippen LogP contribution in [0.3, 0.4) is 0 Å². The maximum Gasteiger partial charge on any atom is 0.323 e. The van der Waals surface area contributed by atoms with E-state index in [1.165, 1.54) is 0 Å². The molecule has 27 heavy (non-hydrogen) atoms. The van der Waals surface area contributed by atoms with Crippen LogP contribution in [0, 0.1) is 17.2 Å². The third-order valence-corrected chi connectivity index (χ3v) is 4.56. The van der Waals surface area contributed by atoms with Crippen molar-refractivity contribution in [2.45, 2.75) is 77.9 Å². The molecule has 1 aliphatic heterocycles.